The molecule has 0 aliphatic rings. The van der Waals surface area contributed by atoms with Gasteiger partial charge >= 0.3 is 5.97 Å². The fraction of sp³-hybridized carbons (Fsp3) is 0.545. The normalized spacial score (nSPS) is 13.6. The molecule has 0 unspecified atom stereocenters. The van der Waals surface area contributed by atoms with E-state index in [0.717, 1.165) is 11.3 Å². The van der Waals surface area contributed by atoms with Crippen molar-refractivity contribution in [1.29, 1.82) is 0 Å². The molecule has 2 amide bonds. The first-order chi connectivity index (χ1) is 14.8. The Morgan fingerprint density at radius 3 is 2.35 bits per heavy atom. The minimum atomic E-state index is -0.815. The average molecular weight is 468 g/mol. The van der Waals surface area contributed by atoms with Crippen molar-refractivity contribution in [1.82, 2.24) is 16.0 Å². The van der Waals surface area contributed by atoms with E-state index in [0.29, 0.717) is 30.7 Å². The number of esters is 1. The third-order valence-electron chi connectivity index (χ3n) is 4.62. The molecule has 0 saturated heterocycles. The van der Waals surface area contributed by atoms with E-state index in [1.807, 2.05) is 50.4 Å². The zero-order valence-electron chi connectivity index (χ0n) is 18.6. The number of carbonyl (C=O) groups is 3. The second-order valence-electron chi connectivity index (χ2n) is 7.58. The molecule has 3 N–H and O–H groups in total. The van der Waals surface area contributed by atoms with Crippen LogP contribution >= 0.6 is 24.0 Å². The summed E-state index contributed by atoms with van der Waals surface area (Å²) in [6.07, 6.45) is 4.08. The van der Waals surface area contributed by atoms with E-state index in [9.17, 15) is 14.4 Å². The summed E-state index contributed by atoms with van der Waals surface area (Å²) in [5.74, 6) is 0.177. The summed E-state index contributed by atoms with van der Waals surface area (Å²) in [5, 5.41) is 8.63. The lowest BCUT2D eigenvalue weighted by atomic mass is 10.0. The van der Waals surface area contributed by atoms with Crippen LogP contribution in [0.25, 0.3) is 0 Å². The lowest BCUT2D eigenvalue weighted by Gasteiger charge is -2.27. The van der Waals surface area contributed by atoms with Crippen molar-refractivity contribution in [3.05, 3.63) is 35.9 Å². The molecule has 0 saturated carbocycles. The Kier molecular flexibility index (Phi) is 12.8. The minimum Gasteiger partial charge on any atom is -0.467 e. The van der Waals surface area contributed by atoms with Crippen molar-refractivity contribution in [2.45, 2.75) is 51.2 Å². The lowest BCUT2D eigenvalue weighted by molar-refractivity contribution is -0.145. The fourth-order valence-electron chi connectivity index (χ4n) is 3.04. The van der Waals surface area contributed by atoms with Gasteiger partial charge in [-0.2, -0.15) is 11.8 Å². The molecule has 9 heteroatoms. The molecule has 0 aliphatic heterocycles. The molecule has 0 bridgehead atoms. The number of hydrogen-bond acceptors (Lipinski definition) is 6. The zero-order chi connectivity index (χ0) is 23.2. The van der Waals surface area contributed by atoms with Gasteiger partial charge in [0.2, 0.25) is 12.3 Å². The molecule has 7 nitrogen and oxygen atoms in total. The van der Waals surface area contributed by atoms with Crippen LogP contribution in [0, 0.1) is 5.92 Å². The van der Waals surface area contributed by atoms with Gasteiger partial charge in [0, 0.05) is 6.42 Å². The second-order valence-corrected chi connectivity index (χ2v) is 9.01. The topological polar surface area (TPSA) is 96.5 Å². The van der Waals surface area contributed by atoms with Crippen LogP contribution in [0.15, 0.2) is 30.3 Å². The second kappa shape index (κ2) is 14.8. The zero-order valence-corrected chi connectivity index (χ0v) is 20.2. The van der Waals surface area contributed by atoms with Crippen LogP contribution in [0.2, 0.25) is 0 Å². The van der Waals surface area contributed by atoms with Crippen molar-refractivity contribution in [3.8, 4) is 0 Å². The first-order valence-electron chi connectivity index (χ1n) is 10.2. The highest BCUT2D eigenvalue weighted by atomic mass is 32.2. The predicted octanol–water partition coefficient (Wildman–Crippen LogP) is 2.09. The number of thiocarbonyl (C=S) groups is 1. The summed E-state index contributed by atoms with van der Waals surface area (Å²) in [4.78, 5) is 36.8. The van der Waals surface area contributed by atoms with Gasteiger partial charge in [0.1, 0.15) is 12.1 Å². The van der Waals surface area contributed by atoms with E-state index in [4.69, 9.17) is 17.0 Å². The number of amides is 2. The number of nitrogens with one attached hydrogen (secondary N) is 3. The van der Waals surface area contributed by atoms with Crippen molar-refractivity contribution in [3.63, 3.8) is 0 Å². The van der Waals surface area contributed by atoms with Gasteiger partial charge in [-0.3, -0.25) is 9.59 Å². The van der Waals surface area contributed by atoms with Crippen molar-refractivity contribution >= 4 is 47.3 Å². The van der Waals surface area contributed by atoms with Crippen LogP contribution < -0.4 is 16.0 Å². The molecular formula is C22H33N3O4S2. The number of ether oxygens (including phenoxy) is 1. The van der Waals surface area contributed by atoms with Gasteiger partial charge < -0.3 is 20.7 Å². The largest absolute Gasteiger partial charge is 0.467 e. The maximum Gasteiger partial charge on any atom is 0.328 e. The van der Waals surface area contributed by atoms with E-state index in [-0.39, 0.29) is 17.9 Å². The quantitative estimate of drug-likeness (QED) is 0.219. The number of thioether (sulfide) groups is 1. The molecule has 172 valence electrons. The molecule has 1 rings (SSSR count). The Morgan fingerprint density at radius 1 is 1.13 bits per heavy atom. The summed E-state index contributed by atoms with van der Waals surface area (Å²) in [7, 11) is 1.30. The third kappa shape index (κ3) is 10.1. The Hall–Kier alpha value is -2.13. The van der Waals surface area contributed by atoms with Gasteiger partial charge in [-0.25, -0.2) is 4.79 Å². The predicted molar refractivity (Wildman–Crippen MR) is 129 cm³/mol. The molecule has 0 spiro atoms. The monoisotopic (exact) mass is 467 g/mol. The van der Waals surface area contributed by atoms with E-state index >= 15 is 0 Å². The molecule has 1 aromatic carbocycles. The van der Waals surface area contributed by atoms with Crippen molar-refractivity contribution in [2.75, 3.05) is 19.1 Å². The molecule has 1 aromatic rings. The highest BCUT2D eigenvalue weighted by Crippen LogP contribution is 2.10. The Bertz CT molecular complexity index is 716. The van der Waals surface area contributed by atoms with E-state index in [1.165, 1.54) is 7.11 Å². The first-order valence-corrected chi connectivity index (χ1v) is 12.0. The standard InChI is InChI=1S/C22H33N3O4S2/c1-15(2)12-18(25-21(30)17(23-14-26)10-11-31-4)20(27)24-19(22(28)29-3)13-16-8-6-5-7-9-16/h5-9,14-15,17-19H,10-13H2,1-4H3,(H,23,26)(H,24,27)(H,25,30)/t17-,18-,19-/m0/s1. The molecule has 0 aliphatic carbocycles. The highest BCUT2D eigenvalue weighted by Gasteiger charge is 2.28. The van der Waals surface area contributed by atoms with Gasteiger partial charge in [-0.15, -0.1) is 0 Å². The van der Waals surface area contributed by atoms with Crippen LogP contribution in [-0.2, 0) is 25.5 Å². The molecule has 0 radical (unpaired) electrons. The van der Waals surface area contributed by atoms with Gasteiger partial charge in [0.15, 0.2) is 0 Å². The SMILES string of the molecule is COC(=O)[C@H](Cc1ccccc1)NC(=O)[C@H](CC(C)C)NC(=S)[C@H](CCSC)NC=O. The van der Waals surface area contributed by atoms with Crippen molar-refractivity contribution in [2.24, 2.45) is 5.92 Å². The summed E-state index contributed by atoms with van der Waals surface area (Å²) >= 11 is 7.13. The van der Waals surface area contributed by atoms with Crippen LogP contribution in [0.1, 0.15) is 32.3 Å². The smallest absolute Gasteiger partial charge is 0.328 e. The van der Waals surface area contributed by atoms with E-state index in [1.54, 1.807) is 11.8 Å². The molecule has 0 aromatic heterocycles. The molecule has 0 fully saturated rings. The number of hydrogen-bond donors (Lipinski definition) is 3. The molecular weight excluding hydrogens is 434 g/mol. The average Bonchev–Trinajstić information content (AvgIpc) is 2.75. The van der Waals surface area contributed by atoms with Gasteiger partial charge in [0.25, 0.3) is 0 Å². The van der Waals surface area contributed by atoms with Crippen LogP contribution in [0.4, 0.5) is 0 Å². The third-order valence-corrected chi connectivity index (χ3v) is 5.67. The van der Waals surface area contributed by atoms with Gasteiger partial charge in [-0.1, -0.05) is 56.4 Å². The first kappa shape index (κ1) is 26.9. The summed E-state index contributed by atoms with van der Waals surface area (Å²) in [6.45, 7) is 4.00. The highest BCUT2D eigenvalue weighted by molar-refractivity contribution is 7.98. The van der Waals surface area contributed by atoms with Crippen LogP contribution in [0.5, 0.6) is 0 Å². The Balaban J connectivity index is 2.93. The lowest BCUT2D eigenvalue weighted by Crippen LogP contribution is -2.55. The van der Waals surface area contributed by atoms with Crippen LogP contribution in [-0.4, -0.2) is 60.5 Å². The Labute approximate surface area is 194 Å². The summed E-state index contributed by atoms with van der Waals surface area (Å²) < 4.78 is 4.89. The molecule has 3 atom stereocenters. The van der Waals surface area contributed by atoms with Crippen molar-refractivity contribution < 1.29 is 19.1 Å². The summed E-state index contributed by atoms with van der Waals surface area (Å²) in [6, 6.07) is 7.61. The maximum absolute atomic E-state index is 13.1. The minimum absolute atomic E-state index is 0.209. The van der Waals surface area contributed by atoms with Gasteiger partial charge in [-0.05, 0) is 36.3 Å². The van der Waals surface area contributed by atoms with Gasteiger partial charge in [0.05, 0.1) is 18.1 Å². The number of benzene rings is 1. The Morgan fingerprint density at radius 2 is 1.81 bits per heavy atom. The number of methoxy groups -OCH3 is 1. The molecule has 0 heterocycles. The number of rotatable bonds is 14. The maximum atomic E-state index is 13.1. The van der Waals surface area contributed by atoms with E-state index in [2.05, 4.69) is 16.0 Å². The van der Waals surface area contributed by atoms with Crippen LogP contribution in [0.3, 0.4) is 0 Å². The fourth-order valence-corrected chi connectivity index (χ4v) is 3.84. The molecule has 31 heavy (non-hydrogen) atoms. The summed E-state index contributed by atoms with van der Waals surface area (Å²) in [5.41, 5.74) is 0.911. The van der Waals surface area contributed by atoms with E-state index < -0.39 is 18.1 Å². The number of carbonyl (C=O) groups excluding carboxylic acids is 3.